The fourth-order valence-electron chi connectivity index (χ4n) is 2.00. The SMILES string of the molecule is Cc1cc(CNc2ccc(CC(N)=O)cc2)c(C)s1. The zero-order valence-electron chi connectivity index (χ0n) is 11.2. The highest BCUT2D eigenvalue weighted by molar-refractivity contribution is 7.12. The van der Waals surface area contributed by atoms with Crippen LogP contribution < -0.4 is 11.1 Å². The van der Waals surface area contributed by atoms with Gasteiger partial charge in [0.15, 0.2) is 0 Å². The van der Waals surface area contributed by atoms with E-state index in [1.54, 1.807) is 0 Å². The van der Waals surface area contributed by atoms with Gasteiger partial charge in [0.2, 0.25) is 5.91 Å². The lowest BCUT2D eigenvalue weighted by molar-refractivity contribution is -0.117. The molecule has 100 valence electrons. The van der Waals surface area contributed by atoms with Crippen molar-refractivity contribution in [3.63, 3.8) is 0 Å². The molecule has 2 aromatic rings. The smallest absolute Gasteiger partial charge is 0.221 e. The first-order valence-electron chi connectivity index (χ1n) is 6.21. The number of hydrogen-bond acceptors (Lipinski definition) is 3. The summed E-state index contributed by atoms with van der Waals surface area (Å²) < 4.78 is 0. The average Bonchev–Trinajstić information content (AvgIpc) is 2.66. The van der Waals surface area contributed by atoms with Gasteiger partial charge in [0.05, 0.1) is 6.42 Å². The minimum atomic E-state index is -0.301. The fourth-order valence-corrected chi connectivity index (χ4v) is 2.94. The van der Waals surface area contributed by atoms with Crippen molar-refractivity contribution >= 4 is 22.9 Å². The predicted molar refractivity (Wildman–Crippen MR) is 80.5 cm³/mol. The highest BCUT2D eigenvalue weighted by Crippen LogP contribution is 2.21. The van der Waals surface area contributed by atoms with Crippen molar-refractivity contribution < 1.29 is 4.79 Å². The van der Waals surface area contributed by atoms with Crippen LogP contribution in [-0.2, 0) is 17.8 Å². The normalized spacial score (nSPS) is 10.4. The lowest BCUT2D eigenvalue weighted by Crippen LogP contribution is -2.13. The van der Waals surface area contributed by atoms with Gasteiger partial charge in [-0.05, 0) is 43.2 Å². The monoisotopic (exact) mass is 274 g/mol. The molecule has 0 aliphatic carbocycles. The Morgan fingerprint density at radius 2 is 1.95 bits per heavy atom. The number of nitrogens with one attached hydrogen (secondary N) is 1. The number of aryl methyl sites for hydroxylation is 2. The summed E-state index contributed by atoms with van der Waals surface area (Å²) in [6.07, 6.45) is 0.295. The predicted octanol–water partition coefficient (Wildman–Crippen LogP) is 3.00. The van der Waals surface area contributed by atoms with Crippen LogP contribution in [0.4, 0.5) is 5.69 Å². The number of amides is 1. The maximum absolute atomic E-state index is 10.8. The van der Waals surface area contributed by atoms with Gasteiger partial charge in [-0.3, -0.25) is 4.79 Å². The van der Waals surface area contributed by atoms with E-state index in [9.17, 15) is 4.79 Å². The Balaban J connectivity index is 1.96. The molecule has 0 radical (unpaired) electrons. The second-order valence-corrected chi connectivity index (χ2v) is 6.09. The van der Waals surface area contributed by atoms with E-state index in [4.69, 9.17) is 5.73 Å². The molecule has 0 saturated heterocycles. The second kappa shape index (κ2) is 5.89. The molecule has 4 heteroatoms. The summed E-state index contributed by atoms with van der Waals surface area (Å²) in [5.74, 6) is -0.301. The van der Waals surface area contributed by atoms with Gasteiger partial charge in [0.25, 0.3) is 0 Å². The Morgan fingerprint density at radius 3 is 2.47 bits per heavy atom. The fraction of sp³-hybridized carbons (Fsp3) is 0.267. The van der Waals surface area contributed by atoms with E-state index in [2.05, 4.69) is 25.2 Å². The number of anilines is 1. The molecule has 1 aromatic heterocycles. The number of hydrogen-bond donors (Lipinski definition) is 2. The molecule has 0 bridgehead atoms. The maximum atomic E-state index is 10.8. The van der Waals surface area contributed by atoms with E-state index in [1.165, 1.54) is 15.3 Å². The van der Waals surface area contributed by atoms with Crippen molar-refractivity contribution in [1.29, 1.82) is 0 Å². The van der Waals surface area contributed by atoms with E-state index in [0.29, 0.717) is 6.42 Å². The summed E-state index contributed by atoms with van der Waals surface area (Å²) in [6.45, 7) is 5.09. The zero-order chi connectivity index (χ0) is 13.8. The first kappa shape index (κ1) is 13.6. The molecule has 0 aliphatic heterocycles. The van der Waals surface area contributed by atoms with Crippen LogP contribution in [0.2, 0.25) is 0 Å². The molecule has 1 aromatic carbocycles. The van der Waals surface area contributed by atoms with Crippen molar-refractivity contribution in [2.24, 2.45) is 5.73 Å². The van der Waals surface area contributed by atoms with Gasteiger partial charge in [-0.1, -0.05) is 12.1 Å². The van der Waals surface area contributed by atoms with E-state index < -0.39 is 0 Å². The summed E-state index contributed by atoms with van der Waals surface area (Å²) >= 11 is 1.82. The maximum Gasteiger partial charge on any atom is 0.221 e. The van der Waals surface area contributed by atoms with Crippen LogP contribution in [0.5, 0.6) is 0 Å². The van der Waals surface area contributed by atoms with Crippen molar-refractivity contribution in [3.05, 3.63) is 51.2 Å². The van der Waals surface area contributed by atoms with E-state index in [-0.39, 0.29) is 5.91 Å². The van der Waals surface area contributed by atoms with Crippen LogP contribution in [0.1, 0.15) is 20.9 Å². The molecule has 19 heavy (non-hydrogen) atoms. The van der Waals surface area contributed by atoms with Crippen LogP contribution in [-0.4, -0.2) is 5.91 Å². The van der Waals surface area contributed by atoms with Crippen LogP contribution in [0, 0.1) is 13.8 Å². The van der Waals surface area contributed by atoms with Crippen LogP contribution in [0.15, 0.2) is 30.3 Å². The number of rotatable bonds is 5. The van der Waals surface area contributed by atoms with Gasteiger partial charge in [-0.15, -0.1) is 11.3 Å². The van der Waals surface area contributed by atoms with Gasteiger partial charge in [0, 0.05) is 22.0 Å². The summed E-state index contributed by atoms with van der Waals surface area (Å²) in [6, 6.07) is 10.0. The van der Waals surface area contributed by atoms with Gasteiger partial charge in [-0.2, -0.15) is 0 Å². The quantitative estimate of drug-likeness (QED) is 0.880. The highest BCUT2D eigenvalue weighted by Gasteiger charge is 2.03. The summed E-state index contributed by atoms with van der Waals surface area (Å²) in [5, 5.41) is 3.39. The topological polar surface area (TPSA) is 55.1 Å². The van der Waals surface area contributed by atoms with E-state index in [0.717, 1.165) is 17.8 Å². The molecule has 1 heterocycles. The van der Waals surface area contributed by atoms with Gasteiger partial charge >= 0.3 is 0 Å². The minimum absolute atomic E-state index is 0.295. The molecule has 0 saturated carbocycles. The molecular weight excluding hydrogens is 256 g/mol. The first-order chi connectivity index (χ1) is 9.04. The van der Waals surface area contributed by atoms with Gasteiger partial charge in [0.1, 0.15) is 0 Å². The molecule has 1 amide bonds. The molecule has 0 spiro atoms. The second-order valence-electron chi connectivity index (χ2n) is 4.63. The largest absolute Gasteiger partial charge is 0.381 e. The van der Waals surface area contributed by atoms with Gasteiger partial charge < -0.3 is 11.1 Å². The van der Waals surface area contributed by atoms with Crippen molar-refractivity contribution in [1.82, 2.24) is 0 Å². The molecule has 0 aliphatic rings. The third-order valence-corrected chi connectivity index (χ3v) is 3.97. The molecule has 3 N–H and O–H groups in total. The number of thiophene rings is 1. The molecular formula is C15H18N2OS. The third-order valence-electron chi connectivity index (χ3n) is 2.96. The Kier molecular flexibility index (Phi) is 4.22. The molecule has 3 nitrogen and oxygen atoms in total. The Labute approximate surface area is 117 Å². The van der Waals surface area contributed by atoms with E-state index in [1.807, 2.05) is 35.6 Å². The zero-order valence-corrected chi connectivity index (χ0v) is 12.0. The lowest BCUT2D eigenvalue weighted by atomic mass is 10.1. The van der Waals surface area contributed by atoms with Gasteiger partial charge in [-0.25, -0.2) is 0 Å². The van der Waals surface area contributed by atoms with Crippen molar-refractivity contribution in [2.75, 3.05) is 5.32 Å². The number of nitrogens with two attached hydrogens (primary N) is 1. The lowest BCUT2D eigenvalue weighted by Gasteiger charge is -2.07. The molecule has 0 atom stereocenters. The highest BCUT2D eigenvalue weighted by atomic mass is 32.1. The summed E-state index contributed by atoms with van der Waals surface area (Å²) in [4.78, 5) is 13.5. The summed E-state index contributed by atoms with van der Waals surface area (Å²) in [7, 11) is 0. The average molecular weight is 274 g/mol. The first-order valence-corrected chi connectivity index (χ1v) is 7.03. The molecule has 2 rings (SSSR count). The van der Waals surface area contributed by atoms with Crippen LogP contribution in [0.25, 0.3) is 0 Å². The molecule has 0 fully saturated rings. The number of carbonyl (C=O) groups is 1. The Hall–Kier alpha value is -1.81. The number of carbonyl (C=O) groups excluding carboxylic acids is 1. The Morgan fingerprint density at radius 1 is 1.26 bits per heavy atom. The number of benzene rings is 1. The summed E-state index contributed by atoms with van der Waals surface area (Å²) in [5.41, 5.74) is 8.50. The Bertz CT molecular complexity index is 572. The number of primary amides is 1. The minimum Gasteiger partial charge on any atom is -0.381 e. The van der Waals surface area contributed by atoms with Crippen LogP contribution in [0.3, 0.4) is 0 Å². The van der Waals surface area contributed by atoms with E-state index >= 15 is 0 Å². The van der Waals surface area contributed by atoms with Crippen molar-refractivity contribution in [2.45, 2.75) is 26.8 Å². The standard InChI is InChI=1S/C15H18N2OS/c1-10-7-13(11(2)19-10)9-17-14-5-3-12(4-6-14)8-15(16)18/h3-7,17H,8-9H2,1-2H3,(H2,16,18). The molecule has 0 unspecified atom stereocenters. The third kappa shape index (κ3) is 3.83. The van der Waals surface area contributed by atoms with Crippen molar-refractivity contribution in [3.8, 4) is 0 Å². The van der Waals surface area contributed by atoms with Crippen LogP contribution >= 0.6 is 11.3 Å².